The van der Waals surface area contributed by atoms with E-state index in [9.17, 15) is 0 Å². The van der Waals surface area contributed by atoms with E-state index >= 15 is 0 Å². The minimum Gasteiger partial charge on any atom is -0.462 e. The van der Waals surface area contributed by atoms with Crippen LogP contribution in [0.15, 0.2) is 58.3 Å². The molecule has 0 amide bonds. The molecule has 3 aromatic rings. The highest BCUT2D eigenvalue weighted by molar-refractivity contribution is 7.13. The van der Waals surface area contributed by atoms with Crippen LogP contribution in [0.3, 0.4) is 0 Å². The monoisotopic (exact) mass is 285 g/mol. The smallest absolute Gasteiger partial charge is 0.129 e. The van der Waals surface area contributed by atoms with Crippen molar-refractivity contribution in [3.8, 4) is 10.4 Å². The van der Waals surface area contributed by atoms with Gasteiger partial charge in [-0.1, -0.05) is 24.3 Å². The number of aliphatic hydroxyl groups is 1. The number of anilines is 1. The number of benzene rings is 1. The molecule has 4 heteroatoms. The molecule has 20 heavy (non-hydrogen) atoms. The van der Waals surface area contributed by atoms with Crippen LogP contribution in [-0.4, -0.2) is 5.11 Å². The molecule has 3 rings (SSSR count). The molecule has 1 aromatic carbocycles. The van der Waals surface area contributed by atoms with Crippen LogP contribution in [-0.2, 0) is 13.2 Å². The maximum absolute atomic E-state index is 8.99. The molecule has 3 nitrogen and oxygen atoms in total. The number of hydrogen-bond acceptors (Lipinski definition) is 4. The molecule has 0 spiro atoms. The first-order valence-corrected chi connectivity index (χ1v) is 7.30. The molecule has 0 bridgehead atoms. The molecule has 2 aromatic heterocycles. The number of aliphatic hydroxyl groups excluding tert-OH is 1. The van der Waals surface area contributed by atoms with Crippen LogP contribution >= 0.6 is 11.3 Å². The van der Waals surface area contributed by atoms with Crippen molar-refractivity contribution in [1.29, 1.82) is 0 Å². The van der Waals surface area contributed by atoms with Crippen molar-refractivity contribution in [1.82, 2.24) is 0 Å². The largest absolute Gasteiger partial charge is 0.462 e. The van der Waals surface area contributed by atoms with Crippen LogP contribution in [0.4, 0.5) is 5.69 Å². The van der Waals surface area contributed by atoms with Crippen molar-refractivity contribution >= 4 is 17.0 Å². The summed E-state index contributed by atoms with van der Waals surface area (Å²) in [6, 6.07) is 16.1. The van der Waals surface area contributed by atoms with Crippen LogP contribution in [0.1, 0.15) is 11.5 Å². The molecule has 102 valence electrons. The van der Waals surface area contributed by atoms with Gasteiger partial charge in [-0.2, -0.15) is 0 Å². The van der Waals surface area contributed by atoms with E-state index < -0.39 is 0 Å². The van der Waals surface area contributed by atoms with E-state index in [1.165, 1.54) is 10.4 Å². The van der Waals surface area contributed by atoms with Crippen molar-refractivity contribution in [2.24, 2.45) is 0 Å². The summed E-state index contributed by atoms with van der Waals surface area (Å²) in [6.07, 6.45) is 0. The Hall–Kier alpha value is -2.04. The SMILES string of the molecule is OCc1ccc(CNc2ccccc2-c2cccs2)o1. The van der Waals surface area contributed by atoms with E-state index in [0.29, 0.717) is 12.3 Å². The number of thiophene rings is 1. The van der Waals surface area contributed by atoms with E-state index in [4.69, 9.17) is 9.52 Å². The van der Waals surface area contributed by atoms with E-state index in [1.807, 2.05) is 18.2 Å². The third-order valence-corrected chi connectivity index (χ3v) is 3.94. The van der Waals surface area contributed by atoms with Gasteiger partial charge in [0.15, 0.2) is 0 Å². The fourth-order valence-electron chi connectivity index (χ4n) is 2.07. The minimum atomic E-state index is -0.0637. The van der Waals surface area contributed by atoms with E-state index in [2.05, 4.69) is 35.0 Å². The Morgan fingerprint density at radius 2 is 1.85 bits per heavy atom. The van der Waals surface area contributed by atoms with E-state index in [1.54, 1.807) is 17.4 Å². The Bertz CT molecular complexity index is 673. The molecule has 0 unspecified atom stereocenters. The Balaban J connectivity index is 1.77. The maximum Gasteiger partial charge on any atom is 0.129 e. The van der Waals surface area contributed by atoms with E-state index in [-0.39, 0.29) is 6.61 Å². The van der Waals surface area contributed by atoms with E-state index in [0.717, 1.165) is 11.4 Å². The predicted molar refractivity (Wildman–Crippen MR) is 81.7 cm³/mol. The fourth-order valence-corrected chi connectivity index (χ4v) is 2.83. The summed E-state index contributed by atoms with van der Waals surface area (Å²) in [5.41, 5.74) is 2.27. The van der Waals surface area contributed by atoms with Gasteiger partial charge in [0.25, 0.3) is 0 Å². The van der Waals surface area contributed by atoms with Gasteiger partial charge in [0, 0.05) is 16.1 Å². The Morgan fingerprint density at radius 1 is 1.00 bits per heavy atom. The Kier molecular flexibility index (Phi) is 3.85. The normalized spacial score (nSPS) is 10.7. The highest BCUT2D eigenvalue weighted by Crippen LogP contribution is 2.31. The van der Waals surface area contributed by atoms with Gasteiger partial charge in [0.1, 0.15) is 18.1 Å². The van der Waals surface area contributed by atoms with Crippen molar-refractivity contribution in [2.75, 3.05) is 5.32 Å². The average molecular weight is 285 g/mol. The average Bonchev–Trinajstić information content (AvgIpc) is 3.17. The summed E-state index contributed by atoms with van der Waals surface area (Å²) in [5, 5.41) is 14.5. The Labute approximate surface area is 121 Å². The lowest BCUT2D eigenvalue weighted by molar-refractivity contribution is 0.244. The third kappa shape index (κ3) is 2.76. The molecular weight excluding hydrogens is 270 g/mol. The van der Waals surface area contributed by atoms with Crippen molar-refractivity contribution < 1.29 is 9.52 Å². The van der Waals surface area contributed by atoms with Gasteiger partial charge in [-0.15, -0.1) is 11.3 Å². The molecule has 0 aliphatic heterocycles. The standard InChI is InChI=1S/C16H15NO2S/c18-11-13-8-7-12(19-13)10-17-15-5-2-1-4-14(15)16-6-3-9-20-16/h1-9,17-18H,10-11H2. The number of para-hydroxylation sites is 1. The summed E-state index contributed by atoms with van der Waals surface area (Å²) in [6.45, 7) is 0.536. The second-order valence-corrected chi connectivity index (χ2v) is 5.35. The first kappa shape index (κ1) is 13.0. The summed E-state index contributed by atoms with van der Waals surface area (Å²) in [7, 11) is 0. The molecule has 2 heterocycles. The third-order valence-electron chi connectivity index (χ3n) is 3.04. The molecule has 0 fully saturated rings. The first-order valence-electron chi connectivity index (χ1n) is 6.42. The second kappa shape index (κ2) is 5.94. The molecule has 0 radical (unpaired) electrons. The van der Waals surface area contributed by atoms with Crippen molar-refractivity contribution in [2.45, 2.75) is 13.2 Å². The molecule has 0 aliphatic rings. The quantitative estimate of drug-likeness (QED) is 0.741. The zero-order valence-corrected chi connectivity index (χ0v) is 11.7. The van der Waals surface area contributed by atoms with Gasteiger partial charge in [0.2, 0.25) is 0 Å². The highest BCUT2D eigenvalue weighted by atomic mass is 32.1. The summed E-state index contributed by atoms with van der Waals surface area (Å²) >= 11 is 1.72. The highest BCUT2D eigenvalue weighted by Gasteiger charge is 2.06. The molecule has 0 atom stereocenters. The predicted octanol–water partition coefficient (Wildman–Crippen LogP) is 4.11. The summed E-state index contributed by atoms with van der Waals surface area (Å²) in [5.74, 6) is 1.41. The number of rotatable bonds is 5. The van der Waals surface area contributed by atoms with Crippen LogP contribution < -0.4 is 5.32 Å². The van der Waals surface area contributed by atoms with Crippen LogP contribution in [0.2, 0.25) is 0 Å². The zero-order chi connectivity index (χ0) is 13.8. The maximum atomic E-state index is 8.99. The molecule has 2 N–H and O–H groups in total. The van der Waals surface area contributed by atoms with Crippen LogP contribution in [0, 0.1) is 0 Å². The van der Waals surface area contributed by atoms with Gasteiger partial charge in [-0.3, -0.25) is 0 Å². The molecule has 0 aliphatic carbocycles. The van der Waals surface area contributed by atoms with Gasteiger partial charge in [-0.05, 0) is 29.6 Å². The first-order chi connectivity index (χ1) is 9.86. The molecular formula is C16H15NO2S. The lowest BCUT2D eigenvalue weighted by Gasteiger charge is -2.09. The lowest BCUT2D eigenvalue weighted by atomic mass is 10.1. The molecule has 0 saturated heterocycles. The van der Waals surface area contributed by atoms with Gasteiger partial charge < -0.3 is 14.8 Å². The summed E-state index contributed by atoms with van der Waals surface area (Å²) < 4.78 is 5.48. The number of nitrogens with one attached hydrogen (secondary N) is 1. The summed E-state index contributed by atoms with van der Waals surface area (Å²) in [4.78, 5) is 1.24. The zero-order valence-electron chi connectivity index (χ0n) is 10.9. The minimum absolute atomic E-state index is 0.0637. The van der Waals surface area contributed by atoms with Crippen LogP contribution in [0.25, 0.3) is 10.4 Å². The number of hydrogen-bond donors (Lipinski definition) is 2. The van der Waals surface area contributed by atoms with Crippen LogP contribution in [0.5, 0.6) is 0 Å². The van der Waals surface area contributed by atoms with Gasteiger partial charge in [-0.25, -0.2) is 0 Å². The van der Waals surface area contributed by atoms with Gasteiger partial charge in [0.05, 0.1) is 6.54 Å². The number of furan rings is 1. The lowest BCUT2D eigenvalue weighted by Crippen LogP contribution is -1.99. The molecule has 0 saturated carbocycles. The fraction of sp³-hybridized carbons (Fsp3) is 0.125. The van der Waals surface area contributed by atoms with Gasteiger partial charge >= 0.3 is 0 Å². The Morgan fingerprint density at radius 3 is 2.60 bits per heavy atom. The second-order valence-electron chi connectivity index (χ2n) is 4.40. The van der Waals surface area contributed by atoms with Crippen molar-refractivity contribution in [3.05, 3.63) is 65.4 Å². The van der Waals surface area contributed by atoms with Crippen molar-refractivity contribution in [3.63, 3.8) is 0 Å². The topological polar surface area (TPSA) is 45.4 Å².